The second-order valence-corrected chi connectivity index (χ2v) is 3.85. The quantitative estimate of drug-likeness (QED) is 0.484. The van der Waals surface area contributed by atoms with E-state index in [1.807, 2.05) is 0 Å². The topological polar surface area (TPSA) is 80.4 Å². The van der Waals surface area contributed by atoms with Crippen LogP contribution in [-0.4, -0.2) is 21.8 Å². The van der Waals surface area contributed by atoms with Gasteiger partial charge in [-0.2, -0.15) is 0 Å². The molecule has 5 nitrogen and oxygen atoms in total. The number of carboxylic acid groups (broad SMARTS) is 1. The van der Waals surface area contributed by atoms with E-state index in [2.05, 4.69) is 0 Å². The summed E-state index contributed by atoms with van der Waals surface area (Å²) in [7, 11) is 0. The maximum atomic E-state index is 10.7. The monoisotopic (exact) mass is 227 g/mol. The predicted octanol–water partition coefficient (Wildman–Crippen LogP) is 2.08. The minimum absolute atomic E-state index is 0.0405. The standard InChI is InChI=1S/C9H9NO4S/c1-6-3-2-4-7(10(13)14)9(6)15-5-8(11)12/h2-4H,5H2,1H3,(H,11,12). The van der Waals surface area contributed by atoms with Crippen LogP contribution in [0.3, 0.4) is 0 Å². The van der Waals surface area contributed by atoms with E-state index in [4.69, 9.17) is 5.11 Å². The third-order valence-corrected chi connectivity index (χ3v) is 2.94. The van der Waals surface area contributed by atoms with Crippen molar-refractivity contribution in [1.82, 2.24) is 0 Å². The highest BCUT2D eigenvalue weighted by molar-refractivity contribution is 8.00. The van der Waals surface area contributed by atoms with Gasteiger partial charge in [0.1, 0.15) is 0 Å². The summed E-state index contributed by atoms with van der Waals surface area (Å²) in [6.45, 7) is 1.72. The van der Waals surface area contributed by atoms with Crippen LogP contribution in [0.25, 0.3) is 0 Å². The van der Waals surface area contributed by atoms with Gasteiger partial charge >= 0.3 is 5.97 Å². The van der Waals surface area contributed by atoms with Crippen LogP contribution in [0.4, 0.5) is 5.69 Å². The van der Waals surface area contributed by atoms with Crippen LogP contribution < -0.4 is 0 Å². The van der Waals surface area contributed by atoms with E-state index in [1.165, 1.54) is 6.07 Å². The van der Waals surface area contributed by atoms with Crippen LogP contribution in [0.1, 0.15) is 5.56 Å². The van der Waals surface area contributed by atoms with Crippen molar-refractivity contribution < 1.29 is 14.8 Å². The fourth-order valence-corrected chi connectivity index (χ4v) is 1.96. The molecule has 0 saturated carbocycles. The van der Waals surface area contributed by atoms with E-state index in [9.17, 15) is 14.9 Å². The molecule has 0 aromatic heterocycles. The SMILES string of the molecule is Cc1cccc([N+](=O)[O-])c1SCC(=O)O. The first-order chi connectivity index (χ1) is 7.02. The number of nitrogens with zero attached hydrogens (tertiary/aromatic N) is 1. The molecular formula is C9H9NO4S. The van der Waals surface area contributed by atoms with Gasteiger partial charge in [0.15, 0.2) is 0 Å². The summed E-state index contributed by atoms with van der Waals surface area (Å²) in [6, 6.07) is 4.67. The Hall–Kier alpha value is -1.56. The van der Waals surface area contributed by atoms with Crippen molar-refractivity contribution in [2.24, 2.45) is 0 Å². The lowest BCUT2D eigenvalue weighted by Gasteiger charge is -2.03. The van der Waals surface area contributed by atoms with Crippen molar-refractivity contribution in [1.29, 1.82) is 0 Å². The molecule has 80 valence electrons. The van der Waals surface area contributed by atoms with Gasteiger partial charge in [-0.15, -0.1) is 11.8 Å². The van der Waals surface area contributed by atoms with Crippen molar-refractivity contribution in [3.63, 3.8) is 0 Å². The van der Waals surface area contributed by atoms with Gasteiger partial charge in [-0.25, -0.2) is 0 Å². The molecule has 0 aliphatic carbocycles. The Bertz CT molecular complexity index is 405. The number of nitro groups is 1. The number of nitro benzene ring substituents is 1. The summed E-state index contributed by atoms with van der Waals surface area (Å²) in [5.41, 5.74) is 0.678. The molecular weight excluding hydrogens is 218 g/mol. The number of carbonyl (C=O) groups is 1. The molecule has 1 aromatic carbocycles. The lowest BCUT2D eigenvalue weighted by Crippen LogP contribution is -2.00. The first-order valence-electron chi connectivity index (χ1n) is 4.11. The molecule has 1 N–H and O–H groups in total. The van der Waals surface area contributed by atoms with Gasteiger partial charge in [0, 0.05) is 6.07 Å². The van der Waals surface area contributed by atoms with Gasteiger partial charge in [-0.3, -0.25) is 14.9 Å². The maximum absolute atomic E-state index is 10.7. The molecule has 0 saturated heterocycles. The molecule has 0 bridgehead atoms. The van der Waals surface area contributed by atoms with E-state index in [0.29, 0.717) is 4.90 Å². The Morgan fingerprint density at radius 1 is 1.60 bits per heavy atom. The fourth-order valence-electron chi connectivity index (χ4n) is 1.10. The molecule has 0 radical (unpaired) electrons. The Morgan fingerprint density at radius 2 is 2.27 bits per heavy atom. The first-order valence-corrected chi connectivity index (χ1v) is 5.09. The Kier molecular flexibility index (Phi) is 3.68. The summed E-state index contributed by atoms with van der Waals surface area (Å²) >= 11 is 0.969. The summed E-state index contributed by atoms with van der Waals surface area (Å²) in [5.74, 6) is -1.16. The largest absolute Gasteiger partial charge is 0.481 e. The molecule has 0 unspecified atom stereocenters. The maximum Gasteiger partial charge on any atom is 0.313 e. The molecule has 0 atom stereocenters. The van der Waals surface area contributed by atoms with E-state index in [-0.39, 0.29) is 11.4 Å². The van der Waals surface area contributed by atoms with Crippen LogP contribution in [0.2, 0.25) is 0 Å². The van der Waals surface area contributed by atoms with E-state index >= 15 is 0 Å². The molecule has 0 aliphatic rings. The molecule has 0 heterocycles. The first kappa shape index (κ1) is 11.5. The number of rotatable bonds is 4. The lowest BCUT2D eigenvalue weighted by atomic mass is 10.2. The normalized spacial score (nSPS) is 9.93. The summed E-state index contributed by atoms with van der Waals surface area (Å²) in [5, 5.41) is 19.2. The zero-order valence-electron chi connectivity index (χ0n) is 7.97. The Morgan fingerprint density at radius 3 is 2.80 bits per heavy atom. The summed E-state index contributed by atoms with van der Waals surface area (Å²) in [4.78, 5) is 21.0. The number of hydrogen-bond donors (Lipinski definition) is 1. The van der Waals surface area contributed by atoms with Gasteiger partial charge in [-0.1, -0.05) is 12.1 Å². The molecule has 6 heteroatoms. The highest BCUT2D eigenvalue weighted by Gasteiger charge is 2.16. The third-order valence-electron chi connectivity index (χ3n) is 1.73. The average Bonchev–Trinajstić information content (AvgIpc) is 2.15. The number of carboxylic acids is 1. The van der Waals surface area contributed by atoms with Gasteiger partial charge in [0.25, 0.3) is 5.69 Å². The lowest BCUT2D eigenvalue weighted by molar-refractivity contribution is -0.387. The molecule has 0 spiro atoms. The van der Waals surface area contributed by atoms with Crippen LogP contribution in [-0.2, 0) is 4.79 Å². The van der Waals surface area contributed by atoms with Crippen LogP contribution in [0, 0.1) is 17.0 Å². The average molecular weight is 227 g/mol. The number of thioether (sulfide) groups is 1. The van der Waals surface area contributed by atoms with E-state index in [1.54, 1.807) is 19.1 Å². The van der Waals surface area contributed by atoms with E-state index in [0.717, 1.165) is 17.3 Å². The van der Waals surface area contributed by atoms with Crippen molar-refractivity contribution in [2.45, 2.75) is 11.8 Å². The summed E-state index contributed by atoms with van der Waals surface area (Å²) < 4.78 is 0. The number of aryl methyl sites for hydroxylation is 1. The zero-order valence-corrected chi connectivity index (χ0v) is 8.78. The van der Waals surface area contributed by atoms with Crippen LogP contribution >= 0.6 is 11.8 Å². The van der Waals surface area contributed by atoms with E-state index < -0.39 is 10.9 Å². The molecule has 0 fully saturated rings. The highest BCUT2D eigenvalue weighted by Crippen LogP contribution is 2.31. The van der Waals surface area contributed by atoms with Gasteiger partial charge in [-0.05, 0) is 12.5 Å². The molecule has 15 heavy (non-hydrogen) atoms. The smallest absolute Gasteiger partial charge is 0.313 e. The van der Waals surface area contributed by atoms with Crippen LogP contribution in [0.5, 0.6) is 0 Å². The summed E-state index contributed by atoms with van der Waals surface area (Å²) in [6.07, 6.45) is 0. The second kappa shape index (κ2) is 4.79. The van der Waals surface area contributed by atoms with Crippen molar-refractivity contribution in [3.05, 3.63) is 33.9 Å². The Labute approximate surface area is 90.3 Å². The van der Waals surface area contributed by atoms with Crippen molar-refractivity contribution in [3.8, 4) is 0 Å². The second-order valence-electron chi connectivity index (χ2n) is 2.86. The fraction of sp³-hybridized carbons (Fsp3) is 0.222. The molecule has 0 aliphatic heterocycles. The van der Waals surface area contributed by atoms with Gasteiger partial charge < -0.3 is 5.11 Å². The zero-order chi connectivity index (χ0) is 11.4. The predicted molar refractivity (Wildman–Crippen MR) is 56.2 cm³/mol. The molecule has 1 rings (SSSR count). The minimum Gasteiger partial charge on any atom is -0.481 e. The van der Waals surface area contributed by atoms with Gasteiger partial charge in [0.2, 0.25) is 0 Å². The highest BCUT2D eigenvalue weighted by atomic mass is 32.2. The van der Waals surface area contributed by atoms with Gasteiger partial charge in [0.05, 0.1) is 15.6 Å². The molecule has 0 amide bonds. The number of hydrogen-bond acceptors (Lipinski definition) is 4. The number of aliphatic carboxylic acids is 1. The Balaban J connectivity index is 3.02. The number of benzene rings is 1. The molecule has 1 aromatic rings. The van der Waals surface area contributed by atoms with Crippen molar-refractivity contribution in [2.75, 3.05) is 5.75 Å². The van der Waals surface area contributed by atoms with Crippen molar-refractivity contribution >= 4 is 23.4 Å². The minimum atomic E-state index is -0.988. The third kappa shape index (κ3) is 2.95. The van der Waals surface area contributed by atoms with Crippen LogP contribution in [0.15, 0.2) is 23.1 Å².